The van der Waals surface area contributed by atoms with Crippen molar-refractivity contribution in [1.29, 1.82) is 0 Å². The lowest BCUT2D eigenvalue weighted by Crippen LogP contribution is -2.46. The van der Waals surface area contributed by atoms with E-state index in [0.717, 1.165) is 29.1 Å². The Morgan fingerprint density at radius 1 is 1.31 bits per heavy atom. The maximum atomic E-state index is 13.4. The average molecular weight is 399 g/mol. The molecule has 3 rings (SSSR count). The normalized spacial score (nSPS) is 19.3. The molecule has 7 nitrogen and oxygen atoms in total. The monoisotopic (exact) mass is 398 g/mol. The van der Waals surface area contributed by atoms with Gasteiger partial charge in [0.1, 0.15) is 5.75 Å². The summed E-state index contributed by atoms with van der Waals surface area (Å²) in [4.78, 5) is 29.2. The third kappa shape index (κ3) is 4.28. The second kappa shape index (κ2) is 8.68. The van der Waals surface area contributed by atoms with Gasteiger partial charge < -0.3 is 14.5 Å². The average Bonchev–Trinajstić information content (AvgIpc) is 3.09. The first kappa shape index (κ1) is 20.9. The molecule has 2 atom stereocenters. The van der Waals surface area contributed by atoms with Gasteiger partial charge in [0, 0.05) is 45.4 Å². The quantitative estimate of drug-likeness (QED) is 0.750. The van der Waals surface area contributed by atoms with Gasteiger partial charge in [-0.1, -0.05) is 12.1 Å². The van der Waals surface area contributed by atoms with Crippen molar-refractivity contribution in [3.63, 3.8) is 0 Å². The molecule has 1 saturated heterocycles. The maximum Gasteiger partial charge on any atom is 0.228 e. The molecule has 2 aromatic rings. The first-order valence-electron chi connectivity index (χ1n) is 10.0. The summed E-state index contributed by atoms with van der Waals surface area (Å²) in [7, 11) is 5.23. The summed E-state index contributed by atoms with van der Waals surface area (Å²) < 4.78 is 7.13. The van der Waals surface area contributed by atoms with Gasteiger partial charge in [-0.15, -0.1) is 0 Å². The summed E-state index contributed by atoms with van der Waals surface area (Å²) in [5.74, 6) is 0.589. The van der Waals surface area contributed by atoms with Crippen LogP contribution in [0.15, 0.2) is 30.5 Å². The molecule has 0 spiro atoms. The van der Waals surface area contributed by atoms with Crippen molar-refractivity contribution in [3.8, 4) is 5.75 Å². The molecule has 2 heterocycles. The number of piperidine rings is 1. The predicted molar refractivity (Wildman–Crippen MR) is 110 cm³/mol. The minimum absolute atomic E-state index is 0.0498. The van der Waals surface area contributed by atoms with Crippen LogP contribution in [-0.2, 0) is 22.7 Å². The predicted octanol–water partition coefficient (Wildman–Crippen LogP) is 2.79. The Bertz CT molecular complexity index is 875. The number of aryl methyl sites for hydroxylation is 2. The van der Waals surface area contributed by atoms with Crippen LogP contribution in [0.25, 0.3) is 0 Å². The Hall–Kier alpha value is -2.83. The summed E-state index contributed by atoms with van der Waals surface area (Å²) in [5.41, 5.74) is 2.93. The molecule has 29 heavy (non-hydrogen) atoms. The summed E-state index contributed by atoms with van der Waals surface area (Å²) in [6.07, 6.45) is 2.94. The molecule has 1 aliphatic heterocycles. The van der Waals surface area contributed by atoms with Gasteiger partial charge >= 0.3 is 0 Å². The van der Waals surface area contributed by atoms with Gasteiger partial charge in [0.15, 0.2) is 0 Å². The van der Waals surface area contributed by atoms with E-state index in [-0.39, 0.29) is 23.8 Å². The van der Waals surface area contributed by atoms with Gasteiger partial charge in [0.25, 0.3) is 0 Å². The fourth-order valence-electron chi connectivity index (χ4n) is 4.05. The molecule has 1 aromatic heterocycles. The number of ether oxygens (including phenoxy) is 1. The number of likely N-dealkylation sites (tertiary alicyclic amines) is 1. The van der Waals surface area contributed by atoms with Crippen molar-refractivity contribution >= 4 is 11.8 Å². The van der Waals surface area contributed by atoms with E-state index in [0.29, 0.717) is 19.4 Å². The van der Waals surface area contributed by atoms with Gasteiger partial charge in [-0.05, 0) is 38.0 Å². The second-order valence-electron chi connectivity index (χ2n) is 7.66. The SMILES string of the molecule is CCn1cc(CN(C)C(=O)[C@@H]2CCC(=O)N(C)[C@H]2c2ccc(OC)cc2)c(C)n1. The molecule has 0 N–H and O–H groups in total. The van der Waals surface area contributed by atoms with Crippen molar-refractivity contribution in [1.82, 2.24) is 19.6 Å². The van der Waals surface area contributed by atoms with Gasteiger partial charge in [-0.3, -0.25) is 14.3 Å². The van der Waals surface area contributed by atoms with Crippen LogP contribution in [0.4, 0.5) is 0 Å². The van der Waals surface area contributed by atoms with Crippen LogP contribution < -0.4 is 4.74 Å². The van der Waals surface area contributed by atoms with E-state index in [1.165, 1.54) is 0 Å². The number of aromatic nitrogens is 2. The molecule has 1 aliphatic rings. The van der Waals surface area contributed by atoms with Gasteiger partial charge in [0.2, 0.25) is 11.8 Å². The first-order valence-corrected chi connectivity index (χ1v) is 10.0. The van der Waals surface area contributed by atoms with Crippen molar-refractivity contribution in [2.75, 3.05) is 21.2 Å². The van der Waals surface area contributed by atoms with E-state index in [1.54, 1.807) is 24.0 Å². The minimum Gasteiger partial charge on any atom is -0.497 e. The van der Waals surface area contributed by atoms with Gasteiger partial charge in [0.05, 0.1) is 24.8 Å². The van der Waals surface area contributed by atoms with Crippen LogP contribution in [0.5, 0.6) is 5.75 Å². The number of carbonyl (C=O) groups is 2. The molecule has 156 valence electrons. The third-order valence-corrected chi connectivity index (χ3v) is 5.79. The van der Waals surface area contributed by atoms with Crippen LogP contribution in [0, 0.1) is 12.8 Å². The van der Waals surface area contributed by atoms with E-state index in [2.05, 4.69) is 5.10 Å². The largest absolute Gasteiger partial charge is 0.497 e. The molecule has 1 aromatic carbocycles. The van der Waals surface area contributed by atoms with Crippen LogP contribution >= 0.6 is 0 Å². The number of benzene rings is 1. The highest BCUT2D eigenvalue weighted by molar-refractivity contribution is 5.84. The molecule has 0 aliphatic carbocycles. The summed E-state index contributed by atoms with van der Waals surface area (Å²) in [5, 5.41) is 4.47. The second-order valence-corrected chi connectivity index (χ2v) is 7.66. The molecular weight excluding hydrogens is 368 g/mol. The fraction of sp³-hybridized carbons (Fsp3) is 0.500. The zero-order valence-electron chi connectivity index (χ0n) is 17.9. The molecule has 0 saturated carbocycles. The Morgan fingerprint density at radius 3 is 2.59 bits per heavy atom. The lowest BCUT2D eigenvalue weighted by Gasteiger charge is -2.40. The molecule has 7 heteroatoms. The standard InChI is InChI=1S/C22H30N4O3/c1-6-26-14-17(15(2)23-26)13-24(3)22(28)19-11-12-20(27)25(4)21(19)16-7-9-18(29-5)10-8-16/h7-10,14,19,21H,6,11-13H2,1-5H3/t19-,21+/m1/s1. The van der Waals surface area contributed by atoms with Crippen LogP contribution in [0.2, 0.25) is 0 Å². The summed E-state index contributed by atoms with van der Waals surface area (Å²) in [6.45, 7) is 5.31. The zero-order chi connectivity index (χ0) is 21.1. The van der Waals surface area contributed by atoms with Gasteiger partial charge in [-0.25, -0.2) is 0 Å². The molecular formula is C22H30N4O3. The number of rotatable bonds is 6. The number of carbonyl (C=O) groups excluding carboxylic acids is 2. The minimum atomic E-state index is -0.281. The van der Waals surface area contributed by atoms with Crippen LogP contribution in [0.1, 0.15) is 42.6 Å². The van der Waals surface area contributed by atoms with Crippen molar-refractivity contribution in [2.45, 2.75) is 45.8 Å². The first-order chi connectivity index (χ1) is 13.8. The number of hydrogen-bond donors (Lipinski definition) is 0. The molecule has 2 amide bonds. The zero-order valence-corrected chi connectivity index (χ0v) is 17.9. The van der Waals surface area contributed by atoms with Crippen LogP contribution in [0.3, 0.4) is 0 Å². The Labute approximate surface area is 172 Å². The van der Waals surface area contributed by atoms with Crippen LogP contribution in [-0.4, -0.2) is 52.6 Å². The van der Waals surface area contributed by atoms with E-state index >= 15 is 0 Å². The van der Waals surface area contributed by atoms with Gasteiger partial charge in [-0.2, -0.15) is 5.10 Å². The highest BCUT2D eigenvalue weighted by atomic mass is 16.5. The lowest BCUT2D eigenvalue weighted by molar-refractivity contribution is -0.146. The van der Waals surface area contributed by atoms with E-state index in [4.69, 9.17) is 4.74 Å². The van der Waals surface area contributed by atoms with Crippen molar-refractivity contribution in [2.24, 2.45) is 5.92 Å². The van der Waals surface area contributed by atoms with E-state index in [9.17, 15) is 9.59 Å². The molecule has 0 unspecified atom stereocenters. The van der Waals surface area contributed by atoms with Crippen molar-refractivity contribution in [3.05, 3.63) is 47.3 Å². The van der Waals surface area contributed by atoms with E-state index in [1.807, 2.05) is 56.0 Å². The number of hydrogen-bond acceptors (Lipinski definition) is 4. The highest BCUT2D eigenvalue weighted by Gasteiger charge is 2.40. The fourth-order valence-corrected chi connectivity index (χ4v) is 4.05. The van der Waals surface area contributed by atoms with E-state index < -0.39 is 0 Å². The number of amides is 2. The Balaban J connectivity index is 1.83. The molecule has 0 bridgehead atoms. The molecule has 1 fully saturated rings. The Kier molecular flexibility index (Phi) is 6.25. The number of nitrogens with zero attached hydrogens (tertiary/aromatic N) is 4. The highest BCUT2D eigenvalue weighted by Crippen LogP contribution is 2.37. The topological polar surface area (TPSA) is 67.7 Å². The Morgan fingerprint density at radius 2 is 2.00 bits per heavy atom. The third-order valence-electron chi connectivity index (χ3n) is 5.79. The van der Waals surface area contributed by atoms with Crippen molar-refractivity contribution < 1.29 is 14.3 Å². The smallest absolute Gasteiger partial charge is 0.228 e. The summed E-state index contributed by atoms with van der Waals surface area (Å²) >= 11 is 0. The molecule has 0 radical (unpaired) electrons. The summed E-state index contributed by atoms with van der Waals surface area (Å²) in [6, 6.07) is 7.34. The number of methoxy groups -OCH3 is 1. The maximum absolute atomic E-state index is 13.4. The lowest BCUT2D eigenvalue weighted by atomic mass is 9.83.